The maximum Gasteiger partial charge on any atom is 0.330 e. The predicted molar refractivity (Wildman–Crippen MR) is 64.0 cm³/mol. The Hall–Kier alpha value is -2.15. The van der Waals surface area contributed by atoms with E-state index in [1.807, 2.05) is 0 Å². The second-order valence-electron chi connectivity index (χ2n) is 3.96. The van der Waals surface area contributed by atoms with Crippen LogP contribution in [0.25, 0.3) is 0 Å². The molecule has 0 saturated heterocycles. The van der Waals surface area contributed by atoms with E-state index in [0.717, 1.165) is 4.57 Å². The average molecular weight is 250 g/mol. The predicted octanol–water partition coefficient (Wildman–Crippen LogP) is -0.638. The molecule has 0 aliphatic carbocycles. The van der Waals surface area contributed by atoms with Gasteiger partial charge in [-0.25, -0.2) is 4.79 Å². The molecule has 7 heteroatoms. The lowest BCUT2D eigenvalue weighted by Crippen LogP contribution is -2.38. The molecule has 0 aliphatic heterocycles. The van der Waals surface area contributed by atoms with Gasteiger partial charge in [-0.05, 0) is 0 Å². The molecule has 2 heterocycles. The summed E-state index contributed by atoms with van der Waals surface area (Å²) in [6.07, 6.45) is 1.56. The van der Waals surface area contributed by atoms with Crippen LogP contribution < -0.4 is 16.6 Å². The normalized spacial score (nSPS) is 10.8. The van der Waals surface area contributed by atoms with Crippen LogP contribution in [0.4, 0.5) is 0 Å². The van der Waals surface area contributed by atoms with Gasteiger partial charge in [0, 0.05) is 38.5 Å². The SMILES string of the molecule is Cn1c(CNCc2ccno2)cc(=O)n(C)c1=O. The van der Waals surface area contributed by atoms with Crippen LogP contribution in [-0.4, -0.2) is 14.3 Å². The highest BCUT2D eigenvalue weighted by atomic mass is 16.5. The lowest BCUT2D eigenvalue weighted by atomic mass is 10.3. The van der Waals surface area contributed by atoms with E-state index in [0.29, 0.717) is 24.5 Å². The van der Waals surface area contributed by atoms with E-state index in [9.17, 15) is 9.59 Å². The molecule has 0 unspecified atom stereocenters. The summed E-state index contributed by atoms with van der Waals surface area (Å²) in [5, 5.41) is 6.66. The van der Waals surface area contributed by atoms with Crippen LogP contribution in [0.3, 0.4) is 0 Å². The number of hydrogen-bond donors (Lipinski definition) is 1. The van der Waals surface area contributed by atoms with E-state index in [4.69, 9.17) is 4.52 Å². The summed E-state index contributed by atoms with van der Waals surface area (Å²) in [5.74, 6) is 0.698. The van der Waals surface area contributed by atoms with Crippen molar-refractivity contribution in [2.75, 3.05) is 0 Å². The molecule has 0 bridgehead atoms. The van der Waals surface area contributed by atoms with E-state index in [-0.39, 0.29) is 11.2 Å². The summed E-state index contributed by atoms with van der Waals surface area (Å²) in [4.78, 5) is 23.2. The highest BCUT2D eigenvalue weighted by Crippen LogP contribution is 1.96. The molecular formula is C11H14N4O3. The van der Waals surface area contributed by atoms with Gasteiger partial charge in [0.15, 0.2) is 0 Å². The van der Waals surface area contributed by atoms with Crippen LogP contribution >= 0.6 is 0 Å². The van der Waals surface area contributed by atoms with Crippen LogP contribution in [0, 0.1) is 0 Å². The van der Waals surface area contributed by atoms with Gasteiger partial charge in [-0.15, -0.1) is 0 Å². The molecule has 2 rings (SSSR count). The second kappa shape index (κ2) is 5.01. The fraction of sp³-hybridized carbons (Fsp3) is 0.364. The summed E-state index contributed by atoms with van der Waals surface area (Å²) in [6, 6.07) is 3.19. The van der Waals surface area contributed by atoms with Crippen LogP contribution in [-0.2, 0) is 27.2 Å². The number of rotatable bonds is 4. The molecule has 1 N–H and O–H groups in total. The Morgan fingerprint density at radius 3 is 2.72 bits per heavy atom. The molecule has 18 heavy (non-hydrogen) atoms. The fourth-order valence-electron chi connectivity index (χ4n) is 1.60. The standard InChI is InChI=1S/C11H14N4O3/c1-14-8(5-10(16)15(2)11(14)17)6-12-7-9-3-4-13-18-9/h3-5,12H,6-7H2,1-2H3. The maximum absolute atomic E-state index is 11.7. The van der Waals surface area contributed by atoms with E-state index in [2.05, 4.69) is 10.5 Å². The monoisotopic (exact) mass is 250 g/mol. The molecule has 96 valence electrons. The van der Waals surface area contributed by atoms with Crippen LogP contribution in [0.1, 0.15) is 11.5 Å². The molecule has 0 aromatic carbocycles. The summed E-state index contributed by atoms with van der Waals surface area (Å²) in [5.41, 5.74) is -0.0175. The average Bonchev–Trinajstić information content (AvgIpc) is 2.86. The van der Waals surface area contributed by atoms with Crippen molar-refractivity contribution in [1.82, 2.24) is 19.6 Å². The van der Waals surface area contributed by atoms with Crippen LogP contribution in [0.5, 0.6) is 0 Å². The van der Waals surface area contributed by atoms with Gasteiger partial charge in [-0.1, -0.05) is 5.16 Å². The molecule has 2 aromatic heterocycles. The molecule has 0 aliphatic rings. The molecule has 0 radical (unpaired) electrons. The highest BCUT2D eigenvalue weighted by Gasteiger charge is 2.05. The van der Waals surface area contributed by atoms with Crippen molar-refractivity contribution >= 4 is 0 Å². The molecular weight excluding hydrogens is 236 g/mol. The highest BCUT2D eigenvalue weighted by molar-refractivity contribution is 5.02. The molecule has 0 amide bonds. The van der Waals surface area contributed by atoms with Gasteiger partial charge in [0.1, 0.15) is 5.76 Å². The zero-order valence-electron chi connectivity index (χ0n) is 10.2. The first-order chi connectivity index (χ1) is 8.59. The van der Waals surface area contributed by atoms with E-state index < -0.39 is 0 Å². The van der Waals surface area contributed by atoms with Crippen molar-refractivity contribution in [2.45, 2.75) is 13.1 Å². The molecule has 0 atom stereocenters. The fourth-order valence-corrected chi connectivity index (χ4v) is 1.60. The minimum Gasteiger partial charge on any atom is -0.360 e. The third-order valence-corrected chi connectivity index (χ3v) is 2.72. The minimum absolute atomic E-state index is 0.311. The van der Waals surface area contributed by atoms with Gasteiger partial charge in [-0.2, -0.15) is 0 Å². The number of hydrogen-bond acceptors (Lipinski definition) is 5. The first kappa shape index (κ1) is 12.3. The van der Waals surface area contributed by atoms with Crippen molar-refractivity contribution in [2.24, 2.45) is 14.1 Å². The van der Waals surface area contributed by atoms with E-state index in [1.54, 1.807) is 19.3 Å². The molecule has 0 saturated carbocycles. The topological polar surface area (TPSA) is 82.1 Å². The number of aromatic nitrogens is 3. The second-order valence-corrected chi connectivity index (χ2v) is 3.96. The van der Waals surface area contributed by atoms with E-state index in [1.165, 1.54) is 17.7 Å². The van der Waals surface area contributed by atoms with Crippen LogP contribution in [0.15, 0.2) is 32.4 Å². The lowest BCUT2D eigenvalue weighted by molar-refractivity contribution is 0.372. The lowest BCUT2D eigenvalue weighted by Gasteiger charge is -2.09. The summed E-state index contributed by atoms with van der Waals surface area (Å²) < 4.78 is 7.43. The summed E-state index contributed by atoms with van der Waals surface area (Å²) >= 11 is 0. The van der Waals surface area contributed by atoms with Gasteiger partial charge in [0.25, 0.3) is 5.56 Å². The minimum atomic E-state index is -0.334. The van der Waals surface area contributed by atoms with Gasteiger partial charge in [0.05, 0.1) is 12.7 Å². The zero-order valence-corrected chi connectivity index (χ0v) is 10.2. The first-order valence-electron chi connectivity index (χ1n) is 5.46. The molecule has 0 spiro atoms. The Labute approximate surface area is 103 Å². The molecule has 7 nitrogen and oxygen atoms in total. The van der Waals surface area contributed by atoms with Gasteiger partial charge in [0.2, 0.25) is 0 Å². The third-order valence-electron chi connectivity index (χ3n) is 2.72. The Morgan fingerprint density at radius 1 is 1.28 bits per heavy atom. The molecule has 0 fully saturated rings. The van der Waals surface area contributed by atoms with Crippen molar-refractivity contribution in [3.05, 3.63) is 50.6 Å². The Kier molecular flexibility index (Phi) is 3.42. The maximum atomic E-state index is 11.7. The van der Waals surface area contributed by atoms with Crippen molar-refractivity contribution in [3.63, 3.8) is 0 Å². The number of nitrogens with one attached hydrogen (secondary N) is 1. The van der Waals surface area contributed by atoms with Gasteiger partial charge >= 0.3 is 5.69 Å². The third kappa shape index (κ3) is 2.40. The van der Waals surface area contributed by atoms with Crippen molar-refractivity contribution < 1.29 is 4.52 Å². The zero-order chi connectivity index (χ0) is 13.1. The van der Waals surface area contributed by atoms with Crippen LogP contribution in [0.2, 0.25) is 0 Å². The Balaban J connectivity index is 2.10. The quantitative estimate of drug-likeness (QED) is 0.780. The van der Waals surface area contributed by atoms with Crippen molar-refractivity contribution in [1.29, 1.82) is 0 Å². The largest absolute Gasteiger partial charge is 0.360 e. The molecule has 2 aromatic rings. The first-order valence-corrected chi connectivity index (χ1v) is 5.46. The van der Waals surface area contributed by atoms with Gasteiger partial charge < -0.3 is 9.84 Å². The Morgan fingerprint density at radius 2 is 2.06 bits per heavy atom. The van der Waals surface area contributed by atoms with Crippen molar-refractivity contribution in [3.8, 4) is 0 Å². The summed E-state index contributed by atoms with van der Waals surface area (Å²) in [7, 11) is 3.09. The smallest absolute Gasteiger partial charge is 0.330 e. The summed E-state index contributed by atoms with van der Waals surface area (Å²) in [6.45, 7) is 0.895. The number of nitrogens with zero attached hydrogens (tertiary/aromatic N) is 3. The Bertz CT molecular complexity index is 639. The van der Waals surface area contributed by atoms with E-state index >= 15 is 0 Å². The van der Waals surface area contributed by atoms with Gasteiger partial charge in [-0.3, -0.25) is 13.9 Å².